The Bertz CT molecular complexity index is 1070. The van der Waals surface area contributed by atoms with Crippen LogP contribution in [0.2, 0.25) is 0 Å². The monoisotopic (exact) mass is 430 g/mol. The minimum absolute atomic E-state index is 0.114. The van der Waals surface area contributed by atoms with Gasteiger partial charge in [-0.05, 0) is 55.7 Å². The maximum atomic E-state index is 13.1. The summed E-state index contributed by atoms with van der Waals surface area (Å²) in [6.07, 6.45) is 4.84. The van der Waals surface area contributed by atoms with Crippen LogP contribution in [-0.4, -0.2) is 41.5 Å². The number of rotatable bonds is 6. The largest absolute Gasteiger partial charge is 0.466 e. The Kier molecular flexibility index (Phi) is 6.80. The normalized spacial score (nSPS) is 15.8. The van der Waals surface area contributed by atoms with Gasteiger partial charge in [0.1, 0.15) is 11.5 Å². The molecular formula is C26H26N2O4. The first kappa shape index (κ1) is 21.6. The molecule has 164 valence electrons. The predicted molar refractivity (Wildman–Crippen MR) is 121 cm³/mol. The standard InChI is InChI=1S/C26H26N2O4/c1-2-31-26(30)20-7-6-14-28(18-20)25(29)22-15-21(16-27-17-22)19-10-12-24(13-11-19)32-23-8-4-3-5-9-23/h3-5,8-13,15-17,20H,2,6-7,14,18H2,1H3. The Morgan fingerprint density at radius 1 is 1.00 bits per heavy atom. The number of esters is 1. The molecule has 2 aromatic carbocycles. The van der Waals surface area contributed by atoms with Crippen LogP contribution in [0.25, 0.3) is 11.1 Å². The summed E-state index contributed by atoms with van der Waals surface area (Å²) in [6, 6.07) is 19.1. The fourth-order valence-electron chi connectivity index (χ4n) is 3.85. The highest BCUT2D eigenvalue weighted by molar-refractivity contribution is 5.95. The van der Waals surface area contributed by atoms with E-state index < -0.39 is 0 Å². The molecule has 0 aliphatic carbocycles. The van der Waals surface area contributed by atoms with E-state index in [1.165, 1.54) is 0 Å². The molecule has 0 spiro atoms. The van der Waals surface area contributed by atoms with Crippen LogP contribution >= 0.6 is 0 Å². The highest BCUT2D eigenvalue weighted by Gasteiger charge is 2.30. The molecule has 6 nitrogen and oxygen atoms in total. The highest BCUT2D eigenvalue weighted by Crippen LogP contribution is 2.27. The van der Waals surface area contributed by atoms with Gasteiger partial charge in [0.25, 0.3) is 5.91 Å². The lowest BCUT2D eigenvalue weighted by Gasteiger charge is -2.31. The molecule has 1 saturated heterocycles. The zero-order valence-corrected chi connectivity index (χ0v) is 18.1. The summed E-state index contributed by atoms with van der Waals surface area (Å²) >= 11 is 0. The Labute approximate surface area is 187 Å². The van der Waals surface area contributed by atoms with Crippen molar-refractivity contribution in [1.29, 1.82) is 0 Å². The topological polar surface area (TPSA) is 68.7 Å². The van der Waals surface area contributed by atoms with E-state index >= 15 is 0 Å². The van der Waals surface area contributed by atoms with E-state index in [2.05, 4.69) is 4.98 Å². The number of hydrogen-bond donors (Lipinski definition) is 0. The van der Waals surface area contributed by atoms with Crippen molar-refractivity contribution in [1.82, 2.24) is 9.88 Å². The molecule has 1 atom stereocenters. The third-order valence-corrected chi connectivity index (χ3v) is 5.48. The van der Waals surface area contributed by atoms with Crippen molar-refractivity contribution >= 4 is 11.9 Å². The van der Waals surface area contributed by atoms with Crippen LogP contribution in [0.3, 0.4) is 0 Å². The maximum Gasteiger partial charge on any atom is 0.310 e. The molecule has 2 heterocycles. The number of hydrogen-bond acceptors (Lipinski definition) is 5. The Morgan fingerprint density at radius 2 is 1.75 bits per heavy atom. The fourth-order valence-corrected chi connectivity index (χ4v) is 3.85. The average Bonchev–Trinajstić information content (AvgIpc) is 2.85. The van der Waals surface area contributed by atoms with E-state index in [-0.39, 0.29) is 17.8 Å². The number of pyridine rings is 1. The third kappa shape index (κ3) is 5.14. The van der Waals surface area contributed by atoms with Gasteiger partial charge >= 0.3 is 5.97 Å². The van der Waals surface area contributed by atoms with Gasteiger partial charge in [-0.3, -0.25) is 14.6 Å². The molecule has 0 radical (unpaired) electrons. The second-order valence-corrected chi connectivity index (χ2v) is 7.74. The zero-order chi connectivity index (χ0) is 22.3. The third-order valence-electron chi connectivity index (χ3n) is 5.48. The number of aromatic nitrogens is 1. The number of carbonyl (C=O) groups is 2. The summed E-state index contributed by atoms with van der Waals surface area (Å²) in [5, 5.41) is 0. The van der Waals surface area contributed by atoms with Crippen molar-refractivity contribution in [2.75, 3.05) is 19.7 Å². The average molecular weight is 431 g/mol. The molecule has 6 heteroatoms. The quantitative estimate of drug-likeness (QED) is 0.517. The van der Waals surface area contributed by atoms with Crippen LogP contribution in [0.5, 0.6) is 11.5 Å². The van der Waals surface area contributed by atoms with Crippen molar-refractivity contribution < 1.29 is 19.1 Å². The van der Waals surface area contributed by atoms with E-state index in [1.54, 1.807) is 24.2 Å². The second-order valence-electron chi connectivity index (χ2n) is 7.74. The molecule has 1 aromatic heterocycles. The SMILES string of the molecule is CCOC(=O)C1CCCN(C(=O)c2cncc(-c3ccc(Oc4ccccc4)cc3)c2)C1. The van der Waals surface area contributed by atoms with Crippen molar-refractivity contribution in [2.24, 2.45) is 5.92 Å². The summed E-state index contributed by atoms with van der Waals surface area (Å²) in [6.45, 7) is 3.16. The summed E-state index contributed by atoms with van der Waals surface area (Å²) in [5.41, 5.74) is 2.30. The van der Waals surface area contributed by atoms with Crippen molar-refractivity contribution in [3.05, 3.63) is 78.6 Å². The van der Waals surface area contributed by atoms with Crippen LogP contribution in [0, 0.1) is 5.92 Å². The van der Waals surface area contributed by atoms with Crippen molar-refractivity contribution in [3.8, 4) is 22.6 Å². The summed E-state index contributed by atoms with van der Waals surface area (Å²) in [4.78, 5) is 31.2. The fraction of sp³-hybridized carbons (Fsp3) is 0.269. The van der Waals surface area contributed by atoms with E-state index in [0.717, 1.165) is 35.5 Å². The molecular weight excluding hydrogens is 404 g/mol. The van der Waals surface area contributed by atoms with Gasteiger partial charge in [0.05, 0.1) is 18.1 Å². The first-order valence-electron chi connectivity index (χ1n) is 10.9. The number of piperidine rings is 1. The van der Waals surface area contributed by atoms with Crippen LogP contribution in [0.15, 0.2) is 73.1 Å². The molecule has 3 aromatic rings. The number of nitrogens with zero attached hydrogens (tertiary/aromatic N) is 2. The molecule has 32 heavy (non-hydrogen) atoms. The van der Waals surface area contributed by atoms with Gasteiger partial charge in [-0.1, -0.05) is 30.3 Å². The molecule has 1 fully saturated rings. The highest BCUT2D eigenvalue weighted by atomic mass is 16.5. The lowest BCUT2D eigenvalue weighted by atomic mass is 9.97. The summed E-state index contributed by atoms with van der Waals surface area (Å²) < 4.78 is 11.0. The van der Waals surface area contributed by atoms with Gasteiger partial charge in [-0.25, -0.2) is 0 Å². The van der Waals surface area contributed by atoms with Gasteiger partial charge in [0, 0.05) is 31.0 Å². The summed E-state index contributed by atoms with van der Waals surface area (Å²) in [7, 11) is 0. The van der Waals surface area contributed by atoms with E-state index in [0.29, 0.717) is 25.3 Å². The first-order chi connectivity index (χ1) is 15.6. The second kappa shape index (κ2) is 10.1. The summed E-state index contributed by atoms with van der Waals surface area (Å²) in [5.74, 6) is 0.906. The molecule has 1 aliphatic heterocycles. The molecule has 0 bridgehead atoms. The zero-order valence-electron chi connectivity index (χ0n) is 18.1. The predicted octanol–water partition coefficient (Wildman–Crippen LogP) is 4.96. The molecule has 4 rings (SSSR count). The number of amides is 1. The van der Waals surface area contributed by atoms with Crippen LogP contribution in [0.1, 0.15) is 30.1 Å². The van der Waals surface area contributed by atoms with E-state index in [4.69, 9.17) is 9.47 Å². The smallest absolute Gasteiger partial charge is 0.310 e. The number of para-hydroxylation sites is 1. The molecule has 1 unspecified atom stereocenters. The lowest BCUT2D eigenvalue weighted by Crippen LogP contribution is -2.42. The van der Waals surface area contributed by atoms with Gasteiger partial charge < -0.3 is 14.4 Å². The molecule has 0 saturated carbocycles. The Balaban J connectivity index is 1.46. The minimum atomic E-state index is -0.263. The van der Waals surface area contributed by atoms with Gasteiger partial charge in [0.2, 0.25) is 0 Å². The molecule has 1 amide bonds. The molecule has 1 aliphatic rings. The first-order valence-corrected chi connectivity index (χ1v) is 10.9. The van der Waals surface area contributed by atoms with Gasteiger partial charge in [0.15, 0.2) is 0 Å². The Hall–Kier alpha value is -3.67. The minimum Gasteiger partial charge on any atom is -0.466 e. The number of ether oxygens (including phenoxy) is 2. The number of likely N-dealkylation sites (tertiary alicyclic amines) is 1. The Morgan fingerprint density at radius 3 is 2.50 bits per heavy atom. The van der Waals surface area contributed by atoms with E-state index in [9.17, 15) is 9.59 Å². The van der Waals surface area contributed by atoms with Gasteiger partial charge in [-0.15, -0.1) is 0 Å². The molecule has 0 N–H and O–H groups in total. The van der Waals surface area contributed by atoms with Crippen LogP contribution in [-0.2, 0) is 9.53 Å². The lowest BCUT2D eigenvalue weighted by molar-refractivity contribution is -0.149. The van der Waals surface area contributed by atoms with Gasteiger partial charge in [-0.2, -0.15) is 0 Å². The van der Waals surface area contributed by atoms with E-state index in [1.807, 2.05) is 60.7 Å². The van der Waals surface area contributed by atoms with Crippen LogP contribution in [0.4, 0.5) is 0 Å². The number of carbonyl (C=O) groups excluding carboxylic acids is 2. The van der Waals surface area contributed by atoms with Crippen molar-refractivity contribution in [3.63, 3.8) is 0 Å². The number of benzene rings is 2. The maximum absolute atomic E-state index is 13.1. The van der Waals surface area contributed by atoms with Crippen molar-refractivity contribution in [2.45, 2.75) is 19.8 Å². The van der Waals surface area contributed by atoms with Crippen LogP contribution < -0.4 is 4.74 Å².